The third-order valence-corrected chi connectivity index (χ3v) is 5.05. The molecule has 8 heteroatoms. The molecule has 0 spiro atoms. The van der Waals surface area contributed by atoms with Crippen molar-refractivity contribution in [1.29, 1.82) is 0 Å². The van der Waals surface area contributed by atoms with Crippen molar-refractivity contribution >= 4 is 34.7 Å². The standard InChI is InChI=1S/C24H19N3O5/c1-2-32-24(29)16-8-13-19-20(14-16)26-23(28)21(19)22(15-6-4-3-5-7-15)25-17-9-11-18(12-10-17)27(30)31/h3-14,21H,2H2,1H3,(H,26,28). The van der Waals surface area contributed by atoms with Gasteiger partial charge in [0.15, 0.2) is 0 Å². The van der Waals surface area contributed by atoms with Crippen LogP contribution in [0.2, 0.25) is 0 Å². The molecule has 1 amide bonds. The second kappa shape index (κ2) is 8.81. The van der Waals surface area contributed by atoms with Gasteiger partial charge in [0.25, 0.3) is 5.69 Å². The van der Waals surface area contributed by atoms with E-state index in [4.69, 9.17) is 4.74 Å². The Labute approximate surface area is 183 Å². The molecule has 0 bridgehead atoms. The highest BCUT2D eigenvalue weighted by atomic mass is 16.6. The molecule has 1 aliphatic heterocycles. The summed E-state index contributed by atoms with van der Waals surface area (Å²) >= 11 is 0. The number of carbonyl (C=O) groups is 2. The lowest BCUT2D eigenvalue weighted by atomic mass is 9.90. The molecule has 1 heterocycles. The average Bonchev–Trinajstić information content (AvgIpc) is 3.13. The number of ether oxygens (including phenoxy) is 1. The number of carbonyl (C=O) groups excluding carboxylic acids is 2. The Balaban J connectivity index is 1.78. The zero-order chi connectivity index (χ0) is 22.7. The molecule has 4 rings (SSSR count). The Morgan fingerprint density at radius 3 is 2.44 bits per heavy atom. The van der Waals surface area contributed by atoms with Gasteiger partial charge in [-0.2, -0.15) is 0 Å². The Kier molecular flexibility index (Phi) is 5.76. The highest BCUT2D eigenvalue weighted by Gasteiger charge is 2.36. The number of hydrogen-bond acceptors (Lipinski definition) is 6. The third kappa shape index (κ3) is 4.11. The fourth-order valence-corrected chi connectivity index (χ4v) is 3.57. The maximum Gasteiger partial charge on any atom is 0.338 e. The van der Waals surface area contributed by atoms with Gasteiger partial charge in [0.2, 0.25) is 5.91 Å². The molecule has 3 aromatic rings. The van der Waals surface area contributed by atoms with Gasteiger partial charge in [-0.05, 0) is 42.3 Å². The number of nitro groups is 1. The molecule has 0 aliphatic carbocycles. The van der Waals surface area contributed by atoms with E-state index in [1.807, 2.05) is 30.3 Å². The molecule has 0 saturated heterocycles. The van der Waals surface area contributed by atoms with Crippen molar-refractivity contribution in [3.8, 4) is 0 Å². The molecule has 0 aromatic heterocycles. The van der Waals surface area contributed by atoms with Gasteiger partial charge in [0, 0.05) is 17.8 Å². The first-order valence-electron chi connectivity index (χ1n) is 9.98. The van der Waals surface area contributed by atoms with E-state index >= 15 is 0 Å². The molecule has 1 aliphatic rings. The summed E-state index contributed by atoms with van der Waals surface area (Å²) in [6, 6.07) is 20.0. The number of nitrogens with one attached hydrogen (secondary N) is 1. The van der Waals surface area contributed by atoms with E-state index < -0.39 is 16.8 Å². The quantitative estimate of drug-likeness (QED) is 0.266. The molecule has 1 atom stereocenters. The number of amides is 1. The van der Waals surface area contributed by atoms with Crippen LogP contribution in [0.3, 0.4) is 0 Å². The topological polar surface area (TPSA) is 111 Å². The minimum absolute atomic E-state index is 0.0411. The highest BCUT2D eigenvalue weighted by molar-refractivity contribution is 6.24. The highest BCUT2D eigenvalue weighted by Crippen LogP contribution is 2.37. The zero-order valence-corrected chi connectivity index (χ0v) is 17.1. The van der Waals surface area contributed by atoms with Gasteiger partial charge >= 0.3 is 5.97 Å². The normalized spacial score (nSPS) is 15.1. The van der Waals surface area contributed by atoms with Gasteiger partial charge in [-0.3, -0.25) is 19.9 Å². The largest absolute Gasteiger partial charge is 0.462 e. The van der Waals surface area contributed by atoms with Gasteiger partial charge < -0.3 is 10.1 Å². The van der Waals surface area contributed by atoms with Crippen LogP contribution in [-0.4, -0.2) is 29.1 Å². The van der Waals surface area contributed by atoms with E-state index in [-0.39, 0.29) is 18.2 Å². The maximum absolute atomic E-state index is 13.0. The van der Waals surface area contributed by atoms with Gasteiger partial charge in [-0.1, -0.05) is 36.4 Å². The molecule has 0 radical (unpaired) electrons. The van der Waals surface area contributed by atoms with Crippen molar-refractivity contribution in [3.05, 3.63) is 99.6 Å². The summed E-state index contributed by atoms with van der Waals surface area (Å²) in [4.78, 5) is 40.2. The van der Waals surface area contributed by atoms with E-state index in [9.17, 15) is 19.7 Å². The molecule has 0 fully saturated rings. The average molecular weight is 429 g/mol. The Morgan fingerprint density at radius 2 is 1.78 bits per heavy atom. The number of anilines is 1. The summed E-state index contributed by atoms with van der Waals surface area (Å²) in [7, 11) is 0. The molecular weight excluding hydrogens is 410 g/mol. The predicted octanol–water partition coefficient (Wildman–Crippen LogP) is 4.63. The lowest BCUT2D eigenvalue weighted by Gasteiger charge is -2.14. The van der Waals surface area contributed by atoms with Crippen molar-refractivity contribution in [2.75, 3.05) is 11.9 Å². The van der Waals surface area contributed by atoms with Crippen LogP contribution >= 0.6 is 0 Å². The van der Waals surface area contributed by atoms with Crippen molar-refractivity contribution in [2.24, 2.45) is 4.99 Å². The number of nitro benzene ring substituents is 1. The summed E-state index contributed by atoms with van der Waals surface area (Å²) in [5, 5.41) is 13.8. The summed E-state index contributed by atoms with van der Waals surface area (Å²) < 4.78 is 5.04. The van der Waals surface area contributed by atoms with Crippen molar-refractivity contribution in [2.45, 2.75) is 12.8 Å². The number of hydrogen-bond donors (Lipinski definition) is 1. The Bertz CT molecular complexity index is 1220. The summed E-state index contributed by atoms with van der Waals surface area (Å²) in [5.74, 6) is -1.44. The van der Waals surface area contributed by atoms with E-state index in [1.54, 1.807) is 37.3 Å². The first-order valence-corrected chi connectivity index (χ1v) is 9.98. The van der Waals surface area contributed by atoms with Crippen molar-refractivity contribution < 1.29 is 19.2 Å². The van der Waals surface area contributed by atoms with Crippen LogP contribution in [0.4, 0.5) is 17.1 Å². The number of benzene rings is 3. The molecule has 0 saturated carbocycles. The molecular formula is C24H19N3O5. The summed E-state index contributed by atoms with van der Waals surface area (Å²) in [6.07, 6.45) is 0. The molecule has 160 valence electrons. The zero-order valence-electron chi connectivity index (χ0n) is 17.1. The lowest BCUT2D eigenvalue weighted by Crippen LogP contribution is -2.21. The third-order valence-electron chi connectivity index (χ3n) is 5.05. The van der Waals surface area contributed by atoms with E-state index in [0.29, 0.717) is 28.2 Å². The number of aliphatic imine (C=N–C) groups is 1. The van der Waals surface area contributed by atoms with Gasteiger partial charge in [-0.15, -0.1) is 0 Å². The Hall–Kier alpha value is -4.33. The number of non-ortho nitro benzene ring substituents is 1. The SMILES string of the molecule is CCOC(=O)c1ccc2c(c1)NC(=O)C2C(=Nc1ccc([N+](=O)[O-])cc1)c1ccccc1. The minimum atomic E-state index is -0.709. The summed E-state index contributed by atoms with van der Waals surface area (Å²) in [6.45, 7) is 1.98. The number of nitrogens with zero attached hydrogens (tertiary/aromatic N) is 2. The first kappa shape index (κ1) is 20.9. The van der Waals surface area contributed by atoms with Gasteiger partial charge in [0.1, 0.15) is 5.92 Å². The maximum atomic E-state index is 13.0. The smallest absolute Gasteiger partial charge is 0.338 e. The molecule has 1 N–H and O–H groups in total. The van der Waals surface area contributed by atoms with Crippen LogP contribution in [0.1, 0.15) is 34.3 Å². The Morgan fingerprint density at radius 1 is 1.06 bits per heavy atom. The van der Waals surface area contributed by atoms with Gasteiger partial charge in [-0.25, -0.2) is 4.79 Å². The van der Waals surface area contributed by atoms with E-state index in [2.05, 4.69) is 10.3 Å². The molecule has 3 aromatic carbocycles. The van der Waals surface area contributed by atoms with Crippen LogP contribution in [-0.2, 0) is 9.53 Å². The van der Waals surface area contributed by atoms with E-state index in [0.717, 1.165) is 5.56 Å². The fourth-order valence-electron chi connectivity index (χ4n) is 3.57. The van der Waals surface area contributed by atoms with Crippen molar-refractivity contribution in [3.63, 3.8) is 0 Å². The predicted molar refractivity (Wildman–Crippen MR) is 120 cm³/mol. The molecule has 8 nitrogen and oxygen atoms in total. The van der Waals surface area contributed by atoms with Crippen LogP contribution in [0.25, 0.3) is 0 Å². The van der Waals surface area contributed by atoms with Crippen LogP contribution in [0, 0.1) is 10.1 Å². The van der Waals surface area contributed by atoms with Crippen LogP contribution in [0.5, 0.6) is 0 Å². The van der Waals surface area contributed by atoms with Crippen LogP contribution < -0.4 is 5.32 Å². The van der Waals surface area contributed by atoms with Gasteiger partial charge in [0.05, 0.1) is 28.5 Å². The molecule has 32 heavy (non-hydrogen) atoms. The second-order valence-electron chi connectivity index (χ2n) is 7.08. The summed E-state index contributed by atoms with van der Waals surface area (Å²) in [5.41, 5.74) is 3.25. The minimum Gasteiger partial charge on any atom is -0.462 e. The van der Waals surface area contributed by atoms with Crippen LogP contribution in [0.15, 0.2) is 77.8 Å². The number of esters is 1. The van der Waals surface area contributed by atoms with Crippen molar-refractivity contribution in [1.82, 2.24) is 0 Å². The first-order chi connectivity index (χ1) is 15.5. The fraction of sp³-hybridized carbons (Fsp3) is 0.125. The molecule has 1 unspecified atom stereocenters. The number of fused-ring (bicyclic) bond motifs is 1. The lowest BCUT2D eigenvalue weighted by molar-refractivity contribution is -0.384. The van der Waals surface area contributed by atoms with E-state index in [1.165, 1.54) is 12.1 Å². The number of rotatable bonds is 6. The second-order valence-corrected chi connectivity index (χ2v) is 7.08. The monoisotopic (exact) mass is 429 g/mol.